The number of esters is 1. The van der Waals surface area contributed by atoms with Crippen molar-refractivity contribution < 1.29 is 33.3 Å². The zero-order valence-corrected chi connectivity index (χ0v) is 23.5. The molecule has 11 heteroatoms. The summed E-state index contributed by atoms with van der Waals surface area (Å²) in [5.74, 6) is 1.13. The summed E-state index contributed by atoms with van der Waals surface area (Å²) in [6.45, 7) is 2.23. The van der Waals surface area contributed by atoms with E-state index in [0.717, 1.165) is 10.9 Å². The number of ether oxygens (including phenoxy) is 5. The van der Waals surface area contributed by atoms with Crippen molar-refractivity contribution in [3.63, 3.8) is 0 Å². The molecule has 0 bridgehead atoms. The van der Waals surface area contributed by atoms with Crippen LogP contribution in [0.2, 0.25) is 0 Å². The molecular weight excluding hydrogens is 558 g/mol. The number of aromatic amines is 2. The lowest BCUT2D eigenvalue weighted by atomic mass is 9.95. The molecule has 0 fully saturated rings. The van der Waals surface area contributed by atoms with Crippen LogP contribution >= 0.6 is 15.9 Å². The normalized spacial score (nSPS) is 14.6. The number of nitrogens with zero attached hydrogens (tertiary/aromatic N) is 1. The molecule has 5 rings (SSSR count). The fourth-order valence-electron chi connectivity index (χ4n) is 5.37. The van der Waals surface area contributed by atoms with Gasteiger partial charge in [-0.05, 0) is 24.6 Å². The number of benzene rings is 2. The molecule has 200 valence electrons. The van der Waals surface area contributed by atoms with E-state index in [2.05, 4.69) is 25.9 Å². The zero-order valence-electron chi connectivity index (χ0n) is 21.9. The lowest BCUT2D eigenvalue weighted by Gasteiger charge is -2.18. The van der Waals surface area contributed by atoms with Crippen molar-refractivity contribution in [2.75, 3.05) is 52.3 Å². The number of anilines is 1. The third kappa shape index (κ3) is 3.67. The Morgan fingerprint density at radius 2 is 1.66 bits per heavy atom. The van der Waals surface area contributed by atoms with E-state index in [4.69, 9.17) is 23.7 Å². The monoisotopic (exact) mass is 585 g/mol. The Labute approximate surface area is 227 Å². The van der Waals surface area contributed by atoms with Crippen LogP contribution in [-0.4, -0.2) is 69.3 Å². The second-order valence-electron chi connectivity index (χ2n) is 8.94. The van der Waals surface area contributed by atoms with E-state index < -0.39 is 5.97 Å². The SMILES string of the molecule is COC(=O)c1c(C)[nH]c2c(OC)cc3c(c12)C(CBr)CN3C(=O)c1cc2cc(OC)c(OC)c(OC)c2[nH]1. The minimum absolute atomic E-state index is 0.0694. The summed E-state index contributed by atoms with van der Waals surface area (Å²) < 4.78 is 27.3. The van der Waals surface area contributed by atoms with Crippen LogP contribution in [0.15, 0.2) is 18.2 Å². The second kappa shape index (κ2) is 9.79. The van der Waals surface area contributed by atoms with E-state index in [-0.39, 0.29) is 11.8 Å². The highest BCUT2D eigenvalue weighted by Gasteiger charge is 2.38. The van der Waals surface area contributed by atoms with E-state index in [1.165, 1.54) is 21.3 Å². The Balaban J connectivity index is 1.70. The van der Waals surface area contributed by atoms with E-state index in [1.807, 2.05) is 13.0 Å². The molecule has 10 nitrogen and oxygen atoms in total. The number of alkyl halides is 1. The van der Waals surface area contributed by atoms with E-state index in [0.29, 0.717) is 73.9 Å². The van der Waals surface area contributed by atoms with Crippen molar-refractivity contribution in [3.8, 4) is 23.0 Å². The van der Waals surface area contributed by atoms with Crippen molar-refractivity contribution in [1.29, 1.82) is 0 Å². The average Bonchev–Trinajstić information content (AvgIpc) is 3.62. The van der Waals surface area contributed by atoms with Crippen LogP contribution in [0.25, 0.3) is 21.8 Å². The number of hydrogen-bond acceptors (Lipinski definition) is 7. The molecule has 0 radical (unpaired) electrons. The summed E-state index contributed by atoms with van der Waals surface area (Å²) in [5, 5.41) is 2.03. The molecule has 4 aromatic rings. The van der Waals surface area contributed by atoms with Crippen molar-refractivity contribution in [2.24, 2.45) is 0 Å². The maximum atomic E-state index is 14.0. The molecule has 38 heavy (non-hydrogen) atoms. The highest BCUT2D eigenvalue weighted by atomic mass is 79.9. The van der Waals surface area contributed by atoms with Gasteiger partial charge in [-0.25, -0.2) is 4.79 Å². The highest BCUT2D eigenvalue weighted by Crippen LogP contribution is 2.48. The number of aryl methyl sites for hydroxylation is 1. The predicted octanol–water partition coefficient (Wildman–Crippen LogP) is 4.92. The van der Waals surface area contributed by atoms with Gasteiger partial charge in [0, 0.05) is 40.3 Å². The number of rotatable bonds is 7. The van der Waals surface area contributed by atoms with Crippen LogP contribution < -0.4 is 23.8 Å². The maximum absolute atomic E-state index is 14.0. The number of hydrogen-bond donors (Lipinski definition) is 2. The van der Waals surface area contributed by atoms with Gasteiger partial charge in [-0.1, -0.05) is 15.9 Å². The molecule has 0 aliphatic carbocycles. The van der Waals surface area contributed by atoms with Crippen LogP contribution in [0, 0.1) is 6.92 Å². The first-order valence-corrected chi connectivity index (χ1v) is 13.0. The number of fused-ring (bicyclic) bond motifs is 4. The molecule has 1 aliphatic heterocycles. The molecule has 1 aliphatic rings. The fourth-order valence-corrected chi connectivity index (χ4v) is 5.90. The number of H-pyrrole nitrogens is 2. The molecule has 1 amide bonds. The largest absolute Gasteiger partial charge is 0.494 e. The third-order valence-electron chi connectivity index (χ3n) is 7.04. The topological polar surface area (TPSA) is 115 Å². The number of aromatic nitrogens is 2. The minimum Gasteiger partial charge on any atom is -0.494 e. The van der Waals surface area contributed by atoms with Gasteiger partial charge in [0.15, 0.2) is 11.5 Å². The summed E-state index contributed by atoms with van der Waals surface area (Å²) in [5.41, 5.74) is 4.34. The Morgan fingerprint density at radius 3 is 2.26 bits per heavy atom. The van der Waals surface area contributed by atoms with Gasteiger partial charge in [-0.15, -0.1) is 0 Å². The lowest BCUT2D eigenvalue weighted by Crippen LogP contribution is -2.30. The molecule has 0 saturated heterocycles. The predicted molar refractivity (Wildman–Crippen MR) is 147 cm³/mol. The third-order valence-corrected chi connectivity index (χ3v) is 7.82. The number of halogens is 1. The molecule has 1 atom stereocenters. The first-order valence-electron chi connectivity index (χ1n) is 11.8. The Morgan fingerprint density at radius 1 is 0.947 bits per heavy atom. The van der Waals surface area contributed by atoms with Crippen LogP contribution in [0.4, 0.5) is 5.69 Å². The van der Waals surface area contributed by atoms with Gasteiger partial charge in [0.1, 0.15) is 11.4 Å². The van der Waals surface area contributed by atoms with Gasteiger partial charge in [0.25, 0.3) is 5.91 Å². The van der Waals surface area contributed by atoms with Crippen LogP contribution in [0.1, 0.15) is 38.0 Å². The lowest BCUT2D eigenvalue weighted by molar-refractivity contribution is 0.0602. The summed E-state index contributed by atoms with van der Waals surface area (Å²) in [4.78, 5) is 35.0. The quantitative estimate of drug-likeness (QED) is 0.234. The van der Waals surface area contributed by atoms with Gasteiger partial charge in [0.05, 0.1) is 57.8 Å². The zero-order chi connectivity index (χ0) is 27.3. The first kappa shape index (κ1) is 25.8. The maximum Gasteiger partial charge on any atom is 0.340 e. The second-order valence-corrected chi connectivity index (χ2v) is 9.59. The highest BCUT2D eigenvalue weighted by molar-refractivity contribution is 9.09. The molecule has 2 N–H and O–H groups in total. The molecule has 3 heterocycles. The molecule has 1 unspecified atom stereocenters. The number of methoxy groups -OCH3 is 5. The number of amides is 1. The Kier molecular flexibility index (Phi) is 6.64. The Hall–Kier alpha value is -3.86. The van der Waals surface area contributed by atoms with Crippen LogP contribution in [0.5, 0.6) is 23.0 Å². The van der Waals surface area contributed by atoms with E-state index >= 15 is 0 Å². The summed E-state index contributed by atoms with van der Waals surface area (Å²) in [6, 6.07) is 5.39. The smallest absolute Gasteiger partial charge is 0.340 e. The van der Waals surface area contributed by atoms with E-state index in [9.17, 15) is 9.59 Å². The summed E-state index contributed by atoms with van der Waals surface area (Å²) >= 11 is 3.62. The van der Waals surface area contributed by atoms with Gasteiger partial charge in [0.2, 0.25) is 5.75 Å². The summed E-state index contributed by atoms with van der Waals surface area (Å²) in [7, 11) is 7.52. The van der Waals surface area contributed by atoms with Crippen molar-refractivity contribution in [2.45, 2.75) is 12.8 Å². The van der Waals surface area contributed by atoms with Crippen LogP contribution in [0.3, 0.4) is 0 Å². The first-order chi connectivity index (χ1) is 18.3. The standard InChI is InChI=1S/C27H28BrN3O7/c1-12-19(27(33)38-6)21-20-14(10-28)11-31(16(20)9-17(34-2)23(21)29-12)26(32)15-7-13-8-18(35-3)24(36-4)25(37-5)22(13)30-15/h7-9,14,29-30H,10-11H2,1-6H3. The molecule has 2 aromatic carbocycles. The molecule has 2 aromatic heterocycles. The van der Waals surface area contributed by atoms with E-state index in [1.54, 1.807) is 31.3 Å². The summed E-state index contributed by atoms with van der Waals surface area (Å²) in [6.07, 6.45) is 0. The molecular formula is C27H28BrN3O7. The fraction of sp³-hybridized carbons (Fsp3) is 0.333. The van der Waals surface area contributed by atoms with Gasteiger partial charge in [-0.3, -0.25) is 4.79 Å². The van der Waals surface area contributed by atoms with Crippen molar-refractivity contribution in [1.82, 2.24) is 9.97 Å². The minimum atomic E-state index is -0.451. The number of carbonyl (C=O) groups excluding carboxylic acids is 2. The molecule has 0 spiro atoms. The van der Waals surface area contributed by atoms with Gasteiger partial charge >= 0.3 is 5.97 Å². The van der Waals surface area contributed by atoms with Gasteiger partial charge in [-0.2, -0.15) is 0 Å². The van der Waals surface area contributed by atoms with Crippen LogP contribution in [-0.2, 0) is 4.74 Å². The Bertz CT molecular complexity index is 1590. The number of carbonyl (C=O) groups is 2. The average molecular weight is 586 g/mol. The van der Waals surface area contributed by atoms with Crippen molar-refractivity contribution >= 4 is 55.3 Å². The molecule has 0 saturated carbocycles. The number of nitrogens with one attached hydrogen (secondary N) is 2. The van der Waals surface area contributed by atoms with Gasteiger partial charge < -0.3 is 38.6 Å². The van der Waals surface area contributed by atoms with Crippen molar-refractivity contribution in [3.05, 3.63) is 40.7 Å².